The highest BCUT2D eigenvalue weighted by molar-refractivity contribution is 5.93. The summed E-state index contributed by atoms with van der Waals surface area (Å²) in [6.07, 6.45) is 0. The van der Waals surface area contributed by atoms with E-state index in [-0.39, 0.29) is 5.91 Å². The fourth-order valence-corrected chi connectivity index (χ4v) is 3.06. The molecule has 6 heteroatoms. The van der Waals surface area contributed by atoms with Gasteiger partial charge in [-0.15, -0.1) is 0 Å². The Morgan fingerprint density at radius 1 is 1.18 bits per heavy atom. The average Bonchev–Trinajstić information content (AvgIpc) is 2.86. The maximum absolute atomic E-state index is 11.3. The van der Waals surface area contributed by atoms with Gasteiger partial charge in [-0.1, -0.05) is 6.07 Å². The smallest absolute Gasteiger partial charge is 0.248 e. The topological polar surface area (TPSA) is 78.2 Å². The minimum atomic E-state index is -0.384. The van der Waals surface area contributed by atoms with Crippen molar-refractivity contribution < 1.29 is 4.79 Å². The molecule has 3 rings (SSSR count). The lowest BCUT2D eigenvalue weighted by Gasteiger charge is -2.37. The van der Waals surface area contributed by atoms with Crippen molar-refractivity contribution in [1.29, 1.82) is 0 Å². The third-order valence-electron chi connectivity index (χ3n) is 4.18. The Balaban J connectivity index is 1.72. The van der Waals surface area contributed by atoms with E-state index in [0.717, 1.165) is 43.3 Å². The number of hydrogen-bond donors (Lipinski definition) is 2. The van der Waals surface area contributed by atoms with Crippen LogP contribution < -0.4 is 15.5 Å². The van der Waals surface area contributed by atoms with Crippen molar-refractivity contribution in [2.75, 3.05) is 36.0 Å². The Bertz CT molecular complexity index is 666. The lowest BCUT2D eigenvalue weighted by Crippen LogP contribution is -2.46. The van der Waals surface area contributed by atoms with Crippen LogP contribution in [0.5, 0.6) is 0 Å². The van der Waals surface area contributed by atoms with E-state index in [1.54, 1.807) is 6.07 Å². The molecule has 2 heterocycles. The van der Waals surface area contributed by atoms with Gasteiger partial charge in [0.15, 0.2) is 0 Å². The molecule has 116 valence electrons. The highest BCUT2D eigenvalue weighted by Crippen LogP contribution is 2.25. The minimum absolute atomic E-state index is 0.384. The van der Waals surface area contributed by atoms with Crippen molar-refractivity contribution in [1.82, 2.24) is 10.2 Å². The summed E-state index contributed by atoms with van der Waals surface area (Å²) in [5.74, 6) is -0.384. The number of benzene rings is 1. The quantitative estimate of drug-likeness (QED) is 0.899. The molecule has 1 aliphatic rings. The van der Waals surface area contributed by atoms with Crippen molar-refractivity contribution >= 4 is 17.3 Å². The number of nitrogens with zero attached hydrogens (tertiary/aromatic N) is 3. The number of rotatable bonds is 3. The van der Waals surface area contributed by atoms with Gasteiger partial charge in [-0.25, -0.2) is 0 Å². The summed E-state index contributed by atoms with van der Waals surface area (Å²) >= 11 is 0. The average molecular weight is 299 g/mol. The van der Waals surface area contributed by atoms with E-state index in [4.69, 9.17) is 5.73 Å². The number of aromatic nitrogens is 2. The third kappa shape index (κ3) is 2.64. The van der Waals surface area contributed by atoms with E-state index in [9.17, 15) is 4.79 Å². The molecule has 1 fully saturated rings. The van der Waals surface area contributed by atoms with Gasteiger partial charge < -0.3 is 15.5 Å². The van der Waals surface area contributed by atoms with Crippen LogP contribution in [0.4, 0.5) is 11.4 Å². The summed E-state index contributed by atoms with van der Waals surface area (Å²) in [6, 6.07) is 7.52. The fraction of sp³-hybridized carbons (Fsp3) is 0.375. The second-order valence-electron chi connectivity index (χ2n) is 5.67. The molecule has 0 atom stereocenters. The minimum Gasteiger partial charge on any atom is -0.368 e. The van der Waals surface area contributed by atoms with Gasteiger partial charge >= 0.3 is 0 Å². The Kier molecular flexibility index (Phi) is 3.75. The Hall–Kier alpha value is -2.50. The highest BCUT2D eigenvalue weighted by Gasteiger charge is 2.21. The number of aromatic amines is 1. The van der Waals surface area contributed by atoms with Crippen molar-refractivity contribution in [3.63, 3.8) is 0 Å². The summed E-state index contributed by atoms with van der Waals surface area (Å²) < 4.78 is 0. The number of aryl methyl sites for hydroxylation is 2. The fourth-order valence-electron chi connectivity index (χ4n) is 3.06. The first-order valence-electron chi connectivity index (χ1n) is 7.47. The van der Waals surface area contributed by atoms with Crippen molar-refractivity contribution in [3.8, 4) is 0 Å². The lowest BCUT2D eigenvalue weighted by molar-refractivity contribution is 0.100. The van der Waals surface area contributed by atoms with Gasteiger partial charge in [0, 0.05) is 37.4 Å². The van der Waals surface area contributed by atoms with E-state index in [0.29, 0.717) is 5.56 Å². The van der Waals surface area contributed by atoms with Crippen LogP contribution in [0.2, 0.25) is 0 Å². The molecular weight excluding hydrogens is 278 g/mol. The van der Waals surface area contributed by atoms with Gasteiger partial charge in [0.2, 0.25) is 5.91 Å². The van der Waals surface area contributed by atoms with Gasteiger partial charge in [0.25, 0.3) is 0 Å². The van der Waals surface area contributed by atoms with Gasteiger partial charge in [-0.3, -0.25) is 9.89 Å². The van der Waals surface area contributed by atoms with Gasteiger partial charge in [-0.05, 0) is 32.0 Å². The van der Waals surface area contributed by atoms with E-state index in [2.05, 4.69) is 26.9 Å². The zero-order chi connectivity index (χ0) is 15.7. The first-order valence-corrected chi connectivity index (χ1v) is 7.47. The summed E-state index contributed by atoms with van der Waals surface area (Å²) in [5.41, 5.74) is 10.3. The summed E-state index contributed by atoms with van der Waals surface area (Å²) in [4.78, 5) is 16.0. The second kappa shape index (κ2) is 5.71. The van der Waals surface area contributed by atoms with Crippen molar-refractivity contribution in [2.45, 2.75) is 13.8 Å². The number of anilines is 2. The predicted octanol–water partition coefficient (Wildman–Crippen LogP) is 1.45. The highest BCUT2D eigenvalue weighted by atomic mass is 16.1. The first kappa shape index (κ1) is 14.4. The lowest BCUT2D eigenvalue weighted by atomic mass is 10.1. The number of piperazine rings is 1. The van der Waals surface area contributed by atoms with Crippen LogP contribution in [0.15, 0.2) is 24.3 Å². The summed E-state index contributed by atoms with van der Waals surface area (Å²) in [7, 11) is 0. The Morgan fingerprint density at radius 2 is 1.86 bits per heavy atom. The summed E-state index contributed by atoms with van der Waals surface area (Å²) in [6.45, 7) is 7.77. The number of nitrogens with one attached hydrogen (secondary N) is 1. The molecular formula is C16H21N5O. The molecule has 3 N–H and O–H groups in total. The molecule has 2 aromatic rings. The monoisotopic (exact) mass is 299 g/mol. The molecule has 1 aromatic carbocycles. The molecule has 0 aliphatic carbocycles. The molecule has 6 nitrogen and oxygen atoms in total. The molecule has 1 aliphatic heterocycles. The maximum Gasteiger partial charge on any atom is 0.248 e. The number of primary amides is 1. The molecule has 0 bridgehead atoms. The van der Waals surface area contributed by atoms with E-state index < -0.39 is 0 Å². The standard InChI is InChI=1S/C16H21N5O/c1-11-15(12(2)19-18-11)21-8-6-20(7-9-21)14-5-3-4-13(10-14)16(17)22/h3-5,10H,6-9H2,1-2H3,(H2,17,22)(H,18,19). The molecule has 22 heavy (non-hydrogen) atoms. The van der Waals surface area contributed by atoms with Crippen LogP contribution in [-0.4, -0.2) is 42.3 Å². The third-order valence-corrected chi connectivity index (χ3v) is 4.18. The number of carbonyl (C=O) groups is 1. The van der Waals surface area contributed by atoms with E-state index in [1.165, 1.54) is 5.69 Å². The van der Waals surface area contributed by atoms with Crippen LogP contribution in [0.1, 0.15) is 21.7 Å². The number of nitrogens with two attached hydrogens (primary N) is 1. The number of amides is 1. The molecule has 1 amide bonds. The number of carbonyl (C=O) groups excluding carboxylic acids is 1. The summed E-state index contributed by atoms with van der Waals surface area (Å²) in [5, 5.41) is 7.31. The zero-order valence-corrected chi connectivity index (χ0v) is 13.0. The van der Waals surface area contributed by atoms with Crippen molar-refractivity contribution in [3.05, 3.63) is 41.2 Å². The normalized spacial score (nSPS) is 15.2. The SMILES string of the molecule is Cc1n[nH]c(C)c1N1CCN(c2cccc(C(N)=O)c2)CC1. The maximum atomic E-state index is 11.3. The molecule has 1 aromatic heterocycles. The molecule has 0 radical (unpaired) electrons. The second-order valence-corrected chi connectivity index (χ2v) is 5.67. The van der Waals surface area contributed by atoms with Crippen LogP contribution in [0, 0.1) is 13.8 Å². The molecule has 0 unspecified atom stereocenters. The number of H-pyrrole nitrogens is 1. The van der Waals surface area contributed by atoms with Gasteiger partial charge in [0.05, 0.1) is 17.1 Å². The van der Waals surface area contributed by atoms with Gasteiger partial charge in [0.1, 0.15) is 0 Å². The molecule has 0 spiro atoms. The Labute approximate surface area is 129 Å². The zero-order valence-electron chi connectivity index (χ0n) is 13.0. The van der Waals surface area contributed by atoms with Crippen LogP contribution >= 0.6 is 0 Å². The molecule has 0 saturated carbocycles. The van der Waals surface area contributed by atoms with Crippen LogP contribution in [0.3, 0.4) is 0 Å². The van der Waals surface area contributed by atoms with Gasteiger partial charge in [-0.2, -0.15) is 5.10 Å². The van der Waals surface area contributed by atoms with E-state index >= 15 is 0 Å². The Morgan fingerprint density at radius 3 is 2.45 bits per heavy atom. The van der Waals surface area contributed by atoms with Crippen molar-refractivity contribution in [2.24, 2.45) is 5.73 Å². The van der Waals surface area contributed by atoms with Crippen LogP contribution in [-0.2, 0) is 0 Å². The first-order chi connectivity index (χ1) is 10.6. The number of hydrogen-bond acceptors (Lipinski definition) is 4. The predicted molar refractivity (Wildman–Crippen MR) is 87.4 cm³/mol. The largest absolute Gasteiger partial charge is 0.368 e. The molecule has 1 saturated heterocycles. The van der Waals surface area contributed by atoms with Crippen LogP contribution in [0.25, 0.3) is 0 Å². The van der Waals surface area contributed by atoms with E-state index in [1.807, 2.05) is 25.1 Å².